The van der Waals surface area contributed by atoms with Gasteiger partial charge in [-0.3, -0.25) is 0 Å². The lowest BCUT2D eigenvalue weighted by atomic mass is 9.21. The summed E-state index contributed by atoms with van der Waals surface area (Å²) < 4.78 is 0. The SMILES string of the molecule is C1CC2CCCC(C1)B2C1CCCCC1N1CCCC1. The van der Waals surface area contributed by atoms with E-state index in [9.17, 15) is 0 Å². The molecule has 1 nitrogen and oxygen atoms in total. The third-order valence-electron chi connectivity index (χ3n) is 7.27. The van der Waals surface area contributed by atoms with E-state index >= 15 is 0 Å². The number of fused-ring (bicyclic) bond motifs is 2. The molecule has 4 fully saturated rings. The molecule has 0 N–H and O–H groups in total. The summed E-state index contributed by atoms with van der Waals surface area (Å²) >= 11 is 0. The molecular weight excluding hydrogens is 241 g/mol. The first-order chi connectivity index (χ1) is 9.93. The van der Waals surface area contributed by atoms with Crippen LogP contribution in [-0.4, -0.2) is 30.7 Å². The first-order valence-corrected chi connectivity index (χ1v) is 9.67. The van der Waals surface area contributed by atoms with E-state index < -0.39 is 0 Å². The molecule has 2 heteroatoms. The Labute approximate surface area is 126 Å². The van der Waals surface area contributed by atoms with Crippen LogP contribution in [0.3, 0.4) is 0 Å². The summed E-state index contributed by atoms with van der Waals surface area (Å²) in [5.74, 6) is 3.32. The monoisotopic (exact) mass is 273 g/mol. The second-order valence-electron chi connectivity index (χ2n) is 8.22. The van der Waals surface area contributed by atoms with Gasteiger partial charge in [-0.1, -0.05) is 69.4 Å². The van der Waals surface area contributed by atoms with Gasteiger partial charge in [-0.05, 0) is 38.2 Å². The highest BCUT2D eigenvalue weighted by molar-refractivity contribution is 6.64. The van der Waals surface area contributed by atoms with Crippen molar-refractivity contribution in [1.29, 1.82) is 0 Å². The van der Waals surface area contributed by atoms with Crippen LogP contribution in [0.25, 0.3) is 0 Å². The van der Waals surface area contributed by atoms with Crippen molar-refractivity contribution < 1.29 is 0 Å². The molecule has 3 saturated heterocycles. The summed E-state index contributed by atoms with van der Waals surface area (Å²) in [5.41, 5.74) is 0. The van der Waals surface area contributed by atoms with E-state index in [4.69, 9.17) is 0 Å². The van der Waals surface area contributed by atoms with Crippen LogP contribution in [0, 0.1) is 0 Å². The van der Waals surface area contributed by atoms with E-state index in [0.717, 1.165) is 30.2 Å². The van der Waals surface area contributed by atoms with Gasteiger partial charge in [0.05, 0.1) is 0 Å². The summed E-state index contributed by atoms with van der Waals surface area (Å²) in [4.78, 5) is 2.91. The molecule has 3 aliphatic heterocycles. The lowest BCUT2D eigenvalue weighted by molar-refractivity contribution is 0.185. The van der Waals surface area contributed by atoms with Crippen molar-refractivity contribution in [2.24, 2.45) is 0 Å². The summed E-state index contributed by atoms with van der Waals surface area (Å²) in [5, 5.41) is 0. The quantitative estimate of drug-likeness (QED) is 0.640. The zero-order chi connectivity index (χ0) is 13.4. The standard InChI is InChI=1S/C18H32BN/c1-2-12-18(20-13-3-4-14-20)17(11-1)19-15-7-5-8-16(19)10-6-9-15/h15-18H,1-14H2. The van der Waals surface area contributed by atoms with Crippen LogP contribution in [0.5, 0.6) is 0 Å². The van der Waals surface area contributed by atoms with Crippen LogP contribution in [0.4, 0.5) is 0 Å². The van der Waals surface area contributed by atoms with Crippen molar-refractivity contribution in [3.63, 3.8) is 0 Å². The van der Waals surface area contributed by atoms with Crippen molar-refractivity contribution >= 4 is 6.71 Å². The first-order valence-electron chi connectivity index (χ1n) is 9.67. The van der Waals surface area contributed by atoms with E-state index in [1.165, 1.54) is 45.2 Å². The van der Waals surface area contributed by atoms with Crippen LogP contribution < -0.4 is 0 Å². The van der Waals surface area contributed by atoms with Gasteiger partial charge in [0.25, 0.3) is 0 Å². The predicted molar refractivity (Wildman–Crippen MR) is 87.8 cm³/mol. The number of likely N-dealkylation sites (tertiary alicyclic amines) is 1. The number of nitrogens with zero attached hydrogens (tertiary/aromatic N) is 1. The van der Waals surface area contributed by atoms with Crippen LogP contribution in [-0.2, 0) is 0 Å². The predicted octanol–water partition coefficient (Wildman–Crippen LogP) is 5.00. The Morgan fingerprint density at radius 1 is 0.600 bits per heavy atom. The van der Waals surface area contributed by atoms with Gasteiger partial charge in [0.1, 0.15) is 0 Å². The van der Waals surface area contributed by atoms with E-state index in [1.54, 1.807) is 44.9 Å². The second kappa shape index (κ2) is 6.03. The maximum absolute atomic E-state index is 2.91. The van der Waals surface area contributed by atoms with Crippen LogP contribution in [0.2, 0.25) is 17.5 Å². The van der Waals surface area contributed by atoms with Crippen molar-refractivity contribution in [3.8, 4) is 0 Å². The fraction of sp³-hybridized carbons (Fsp3) is 1.00. The molecule has 0 aromatic rings. The van der Waals surface area contributed by atoms with Gasteiger partial charge in [-0.15, -0.1) is 0 Å². The fourth-order valence-corrected chi connectivity index (χ4v) is 6.54. The van der Waals surface area contributed by atoms with E-state index in [2.05, 4.69) is 4.90 Å². The van der Waals surface area contributed by atoms with Crippen molar-refractivity contribution in [2.45, 2.75) is 101 Å². The van der Waals surface area contributed by atoms with Gasteiger partial charge in [-0.2, -0.15) is 0 Å². The largest absolute Gasteiger partial charge is 0.301 e. The second-order valence-corrected chi connectivity index (χ2v) is 8.22. The van der Waals surface area contributed by atoms with Crippen LogP contribution >= 0.6 is 0 Å². The number of rotatable bonds is 2. The van der Waals surface area contributed by atoms with Crippen molar-refractivity contribution in [3.05, 3.63) is 0 Å². The van der Waals surface area contributed by atoms with E-state index in [1.807, 2.05) is 0 Å². The molecule has 0 aromatic heterocycles. The average Bonchev–Trinajstić information content (AvgIpc) is 3.00. The highest BCUT2D eigenvalue weighted by atomic mass is 15.2. The van der Waals surface area contributed by atoms with Crippen molar-refractivity contribution in [1.82, 2.24) is 4.90 Å². The van der Waals surface area contributed by atoms with Gasteiger partial charge in [0.15, 0.2) is 6.71 Å². The topological polar surface area (TPSA) is 3.24 Å². The minimum Gasteiger partial charge on any atom is -0.301 e. The van der Waals surface area contributed by atoms with Gasteiger partial charge in [-0.25, -0.2) is 0 Å². The normalized spacial score (nSPS) is 42.9. The third-order valence-corrected chi connectivity index (χ3v) is 7.27. The summed E-state index contributed by atoms with van der Waals surface area (Å²) in [6, 6.07) is 0.984. The minimum absolute atomic E-state index is 0.984. The van der Waals surface area contributed by atoms with Gasteiger partial charge in [0.2, 0.25) is 0 Å². The molecule has 0 aromatic carbocycles. The molecule has 0 radical (unpaired) electrons. The summed E-state index contributed by atoms with van der Waals surface area (Å²) in [6.45, 7) is 3.97. The molecule has 20 heavy (non-hydrogen) atoms. The molecule has 3 heterocycles. The Hall–Kier alpha value is 0.0249. The lowest BCUT2D eigenvalue weighted by Gasteiger charge is -2.50. The Bertz CT molecular complexity index is 303. The van der Waals surface area contributed by atoms with Gasteiger partial charge in [0, 0.05) is 6.04 Å². The van der Waals surface area contributed by atoms with Crippen molar-refractivity contribution in [2.75, 3.05) is 13.1 Å². The van der Waals surface area contributed by atoms with Gasteiger partial charge >= 0.3 is 0 Å². The molecule has 2 unspecified atom stereocenters. The highest BCUT2D eigenvalue weighted by Crippen LogP contribution is 2.54. The fourth-order valence-electron chi connectivity index (χ4n) is 6.54. The average molecular weight is 273 g/mol. The smallest absolute Gasteiger partial charge is 0.151 e. The first kappa shape index (κ1) is 13.7. The Morgan fingerprint density at radius 2 is 1.20 bits per heavy atom. The molecule has 0 amide bonds. The molecule has 0 spiro atoms. The summed E-state index contributed by atoms with van der Waals surface area (Å²) in [6.07, 6.45) is 18.5. The Balaban J connectivity index is 1.54. The zero-order valence-electron chi connectivity index (χ0n) is 13.2. The molecule has 2 atom stereocenters. The Morgan fingerprint density at radius 3 is 1.85 bits per heavy atom. The highest BCUT2D eigenvalue weighted by Gasteiger charge is 2.47. The van der Waals surface area contributed by atoms with Crippen LogP contribution in [0.15, 0.2) is 0 Å². The minimum atomic E-state index is 0.984. The molecule has 4 aliphatic rings. The molecule has 1 aliphatic carbocycles. The zero-order valence-corrected chi connectivity index (χ0v) is 13.2. The maximum atomic E-state index is 2.91. The molecule has 112 valence electrons. The summed E-state index contributed by atoms with van der Waals surface area (Å²) in [7, 11) is 0. The third kappa shape index (κ3) is 2.47. The molecule has 1 saturated carbocycles. The van der Waals surface area contributed by atoms with E-state index in [-0.39, 0.29) is 0 Å². The maximum Gasteiger partial charge on any atom is 0.151 e. The number of hydrogen-bond donors (Lipinski definition) is 0. The molecule has 2 bridgehead atoms. The Kier molecular flexibility index (Phi) is 4.12. The lowest BCUT2D eigenvalue weighted by Crippen LogP contribution is -2.49. The van der Waals surface area contributed by atoms with Gasteiger partial charge < -0.3 is 4.90 Å². The van der Waals surface area contributed by atoms with E-state index in [0.29, 0.717) is 0 Å². The molecular formula is C18H32BN. The van der Waals surface area contributed by atoms with Crippen LogP contribution in [0.1, 0.15) is 77.0 Å². The molecule has 4 rings (SSSR count). The number of hydrogen-bond acceptors (Lipinski definition) is 1.